The molecule has 8 heteroatoms. The lowest BCUT2D eigenvalue weighted by Gasteiger charge is -2.26. The zero-order valence-corrected chi connectivity index (χ0v) is 15.9. The van der Waals surface area contributed by atoms with Crippen molar-refractivity contribution in [3.63, 3.8) is 0 Å². The molecule has 142 valence electrons. The number of nitrogens with one attached hydrogen (secondary N) is 1. The van der Waals surface area contributed by atoms with Crippen LogP contribution < -0.4 is 15.3 Å². The normalized spacial score (nSPS) is 18.5. The molecule has 28 heavy (non-hydrogen) atoms. The highest BCUT2D eigenvalue weighted by atomic mass is 35.5. The van der Waals surface area contributed by atoms with Crippen molar-refractivity contribution in [2.45, 2.75) is 13.0 Å². The van der Waals surface area contributed by atoms with Gasteiger partial charge in [0.15, 0.2) is 11.7 Å². The minimum Gasteiger partial charge on any atom is -0.464 e. The van der Waals surface area contributed by atoms with E-state index in [1.54, 1.807) is 24.3 Å². The van der Waals surface area contributed by atoms with Crippen molar-refractivity contribution in [3.8, 4) is 0 Å². The second-order valence-electron chi connectivity index (χ2n) is 6.46. The standard InChI is InChI=1S/C20H16ClN3O4/c1-11-3-7-14(8-4-11)24-17-15(16(22-24)20(27)28-2)18(25)23(19(17)26)13-9-5-12(21)6-10-13/h3-10,17,22H,1-2H3. The molecular formula is C20H16ClN3O4. The maximum Gasteiger partial charge on any atom is 0.356 e. The zero-order chi connectivity index (χ0) is 20.0. The van der Waals surface area contributed by atoms with Gasteiger partial charge in [0.25, 0.3) is 11.8 Å². The maximum absolute atomic E-state index is 13.2. The summed E-state index contributed by atoms with van der Waals surface area (Å²) in [5.74, 6) is -1.75. The Morgan fingerprint density at radius 3 is 2.25 bits per heavy atom. The summed E-state index contributed by atoms with van der Waals surface area (Å²) < 4.78 is 4.80. The number of amides is 2. The first-order valence-corrected chi connectivity index (χ1v) is 8.89. The van der Waals surface area contributed by atoms with Crippen molar-refractivity contribution in [3.05, 3.63) is 70.4 Å². The molecule has 0 bridgehead atoms. The topological polar surface area (TPSA) is 79.0 Å². The molecule has 0 saturated carbocycles. The van der Waals surface area contributed by atoms with Crippen molar-refractivity contribution in [1.82, 2.24) is 5.43 Å². The number of rotatable bonds is 3. The van der Waals surface area contributed by atoms with Crippen molar-refractivity contribution in [2.75, 3.05) is 17.0 Å². The fourth-order valence-corrected chi connectivity index (χ4v) is 3.45. The number of hydrogen-bond donors (Lipinski definition) is 1. The smallest absolute Gasteiger partial charge is 0.356 e. The third-order valence-corrected chi connectivity index (χ3v) is 4.96. The Balaban J connectivity index is 1.81. The molecule has 0 aliphatic carbocycles. The van der Waals surface area contributed by atoms with E-state index in [0.29, 0.717) is 16.4 Å². The first kappa shape index (κ1) is 18.1. The third kappa shape index (κ3) is 2.71. The average molecular weight is 398 g/mol. The molecule has 2 amide bonds. The van der Waals surface area contributed by atoms with Gasteiger partial charge in [-0.3, -0.25) is 20.0 Å². The van der Waals surface area contributed by atoms with Crippen LogP contribution in [0.2, 0.25) is 5.02 Å². The first-order valence-electron chi connectivity index (χ1n) is 8.51. The Hall–Kier alpha value is -3.32. The minimum absolute atomic E-state index is 0.0390. The molecule has 2 aromatic carbocycles. The van der Waals surface area contributed by atoms with Crippen LogP contribution in [0.1, 0.15) is 5.56 Å². The number of fused-ring (bicyclic) bond motifs is 1. The summed E-state index contributed by atoms with van der Waals surface area (Å²) in [4.78, 5) is 39.6. The number of methoxy groups -OCH3 is 1. The van der Waals surface area contributed by atoms with Gasteiger partial charge in [0.1, 0.15) is 0 Å². The fourth-order valence-electron chi connectivity index (χ4n) is 3.32. The summed E-state index contributed by atoms with van der Waals surface area (Å²) in [6.07, 6.45) is 0. The van der Waals surface area contributed by atoms with E-state index in [4.69, 9.17) is 16.3 Å². The van der Waals surface area contributed by atoms with Gasteiger partial charge in [0.2, 0.25) is 0 Å². The Bertz CT molecular complexity index is 1010. The molecule has 7 nitrogen and oxygen atoms in total. The Labute approximate surface area is 166 Å². The monoisotopic (exact) mass is 397 g/mol. The lowest BCUT2D eigenvalue weighted by Crippen LogP contribution is -2.46. The second-order valence-corrected chi connectivity index (χ2v) is 6.89. The van der Waals surface area contributed by atoms with E-state index in [1.165, 1.54) is 12.1 Å². The van der Waals surface area contributed by atoms with Crippen LogP contribution in [0.4, 0.5) is 11.4 Å². The first-order chi connectivity index (χ1) is 13.4. The van der Waals surface area contributed by atoms with E-state index in [-0.39, 0.29) is 11.3 Å². The largest absolute Gasteiger partial charge is 0.464 e. The summed E-state index contributed by atoms with van der Waals surface area (Å²) in [7, 11) is 1.22. The van der Waals surface area contributed by atoms with Crippen LogP contribution in [-0.2, 0) is 19.1 Å². The number of ether oxygens (including phenoxy) is 1. The number of halogens is 1. The van der Waals surface area contributed by atoms with Crippen LogP contribution in [0.5, 0.6) is 0 Å². The number of benzene rings is 2. The van der Waals surface area contributed by atoms with Crippen molar-refractivity contribution in [2.24, 2.45) is 0 Å². The molecule has 1 N–H and O–H groups in total. The summed E-state index contributed by atoms with van der Waals surface area (Å²) in [5.41, 5.74) is 4.96. The molecule has 1 atom stereocenters. The van der Waals surface area contributed by atoms with Crippen molar-refractivity contribution >= 4 is 40.8 Å². The molecule has 2 aliphatic rings. The summed E-state index contributed by atoms with van der Waals surface area (Å²) in [6, 6.07) is 12.8. The van der Waals surface area contributed by atoms with Gasteiger partial charge in [-0.05, 0) is 43.3 Å². The number of carbonyl (C=O) groups is 3. The number of aryl methyl sites for hydroxylation is 1. The summed E-state index contributed by atoms with van der Waals surface area (Å²) in [6.45, 7) is 1.94. The molecule has 2 aliphatic heterocycles. The molecule has 0 aromatic heterocycles. The van der Waals surface area contributed by atoms with E-state index in [2.05, 4.69) is 5.43 Å². The average Bonchev–Trinajstić information content (AvgIpc) is 3.20. The number of imide groups is 1. The number of hydrazine groups is 1. The minimum atomic E-state index is -0.972. The molecule has 0 spiro atoms. The van der Waals surface area contributed by atoms with Gasteiger partial charge in [-0.25, -0.2) is 9.69 Å². The molecule has 0 radical (unpaired) electrons. The second kappa shape index (κ2) is 6.69. The van der Waals surface area contributed by atoms with Gasteiger partial charge in [-0.2, -0.15) is 0 Å². The zero-order valence-electron chi connectivity index (χ0n) is 15.1. The van der Waals surface area contributed by atoms with Crippen LogP contribution in [0.15, 0.2) is 59.8 Å². The van der Waals surface area contributed by atoms with Crippen LogP contribution in [0.25, 0.3) is 0 Å². The number of anilines is 2. The van der Waals surface area contributed by atoms with Gasteiger partial charge < -0.3 is 4.74 Å². The highest BCUT2D eigenvalue weighted by Crippen LogP contribution is 2.37. The third-order valence-electron chi connectivity index (χ3n) is 4.71. The van der Waals surface area contributed by atoms with Gasteiger partial charge in [-0.1, -0.05) is 29.3 Å². The molecule has 1 unspecified atom stereocenters. The van der Waals surface area contributed by atoms with Crippen molar-refractivity contribution < 1.29 is 19.1 Å². The van der Waals surface area contributed by atoms with E-state index >= 15 is 0 Å². The van der Waals surface area contributed by atoms with E-state index in [0.717, 1.165) is 10.5 Å². The van der Waals surface area contributed by atoms with Crippen molar-refractivity contribution in [1.29, 1.82) is 0 Å². The van der Waals surface area contributed by atoms with Gasteiger partial charge in [-0.15, -0.1) is 0 Å². The maximum atomic E-state index is 13.2. The van der Waals surface area contributed by atoms with Gasteiger partial charge in [0, 0.05) is 5.02 Å². The summed E-state index contributed by atoms with van der Waals surface area (Å²) in [5, 5.41) is 2.00. The molecule has 2 aromatic rings. The Kier molecular flexibility index (Phi) is 4.31. The molecule has 2 heterocycles. The van der Waals surface area contributed by atoms with Crippen LogP contribution in [-0.4, -0.2) is 30.9 Å². The van der Waals surface area contributed by atoms with Crippen LogP contribution >= 0.6 is 11.6 Å². The van der Waals surface area contributed by atoms with E-state index < -0.39 is 23.8 Å². The van der Waals surface area contributed by atoms with E-state index in [9.17, 15) is 14.4 Å². The SMILES string of the molecule is COC(=O)C1=C2C(=O)N(c3ccc(Cl)cc3)C(=O)C2N(c2ccc(C)cc2)N1. The van der Waals surface area contributed by atoms with Gasteiger partial charge >= 0.3 is 5.97 Å². The molecule has 1 saturated heterocycles. The molecule has 4 rings (SSSR count). The Morgan fingerprint density at radius 2 is 1.64 bits per heavy atom. The number of esters is 1. The number of hydrogen-bond acceptors (Lipinski definition) is 6. The highest BCUT2D eigenvalue weighted by Gasteiger charge is 2.54. The molecular weight excluding hydrogens is 382 g/mol. The predicted molar refractivity (Wildman–Crippen MR) is 104 cm³/mol. The summed E-state index contributed by atoms with van der Waals surface area (Å²) >= 11 is 5.91. The number of carbonyl (C=O) groups excluding carboxylic acids is 3. The quantitative estimate of drug-likeness (QED) is 0.632. The Morgan fingerprint density at radius 1 is 1.04 bits per heavy atom. The predicted octanol–water partition coefficient (Wildman–Crippen LogP) is 2.34. The lowest BCUT2D eigenvalue weighted by molar-refractivity contribution is -0.136. The highest BCUT2D eigenvalue weighted by molar-refractivity contribution is 6.34. The van der Waals surface area contributed by atoms with Gasteiger partial charge in [0.05, 0.1) is 24.1 Å². The van der Waals surface area contributed by atoms with E-state index in [1.807, 2.05) is 31.2 Å². The lowest BCUT2D eigenvalue weighted by atomic mass is 10.1. The molecule has 1 fully saturated rings. The fraction of sp³-hybridized carbons (Fsp3) is 0.150. The van der Waals surface area contributed by atoms with Crippen LogP contribution in [0, 0.1) is 6.92 Å². The van der Waals surface area contributed by atoms with Crippen LogP contribution in [0.3, 0.4) is 0 Å². The number of nitrogens with zero attached hydrogens (tertiary/aromatic N) is 2.